The number of aryl methyl sites for hydroxylation is 3. The number of benzene rings is 2. The number of hydrogen-bond donors (Lipinski definition) is 1. The number of hydrogen-bond acceptors (Lipinski definition) is 3. The van der Waals surface area contributed by atoms with Crippen molar-refractivity contribution in [3.05, 3.63) is 70.3 Å². The molecule has 2 aromatic carbocycles. The molecule has 0 fully saturated rings. The van der Waals surface area contributed by atoms with Crippen molar-refractivity contribution in [3.8, 4) is 0 Å². The van der Waals surface area contributed by atoms with Crippen LogP contribution < -0.4 is 5.32 Å². The van der Waals surface area contributed by atoms with Gasteiger partial charge < -0.3 is 10.1 Å². The van der Waals surface area contributed by atoms with Crippen molar-refractivity contribution in [3.63, 3.8) is 0 Å². The summed E-state index contributed by atoms with van der Waals surface area (Å²) in [5, 5.41) is 3.07. The van der Waals surface area contributed by atoms with E-state index in [2.05, 4.69) is 17.4 Å². The van der Waals surface area contributed by atoms with Crippen LogP contribution in [0.5, 0.6) is 0 Å². The summed E-state index contributed by atoms with van der Waals surface area (Å²) in [6, 6.07) is 14.0. The average Bonchev–Trinajstić information content (AvgIpc) is 2.73. The zero-order chi connectivity index (χ0) is 19.5. The van der Waals surface area contributed by atoms with E-state index in [1.807, 2.05) is 30.3 Å². The molecule has 2 aliphatic carbocycles. The number of amides is 1. The van der Waals surface area contributed by atoms with E-state index in [-0.39, 0.29) is 11.9 Å². The summed E-state index contributed by atoms with van der Waals surface area (Å²) in [6.45, 7) is 1.64. The Bertz CT molecular complexity index is 889. The van der Waals surface area contributed by atoms with Crippen LogP contribution in [0.25, 0.3) is 0 Å². The number of carbonyl (C=O) groups is 2. The third kappa shape index (κ3) is 3.96. The van der Waals surface area contributed by atoms with Gasteiger partial charge >= 0.3 is 5.97 Å². The van der Waals surface area contributed by atoms with Crippen LogP contribution in [-0.4, -0.2) is 18.0 Å². The SMILES string of the molecule is C[C@@H](OC(=O)c1ccc2c(c1)CCCC2)C(=O)N[C@@H]1CCCc2ccccc21. The molecule has 4 heteroatoms. The van der Waals surface area contributed by atoms with E-state index in [1.54, 1.807) is 6.92 Å². The summed E-state index contributed by atoms with van der Waals surface area (Å²) < 4.78 is 5.47. The molecule has 0 aliphatic heterocycles. The Balaban J connectivity index is 1.39. The third-order valence-corrected chi connectivity index (χ3v) is 5.92. The normalized spacial score (nSPS) is 19.1. The second kappa shape index (κ2) is 8.17. The zero-order valence-corrected chi connectivity index (χ0v) is 16.4. The van der Waals surface area contributed by atoms with Gasteiger partial charge in [0.1, 0.15) is 0 Å². The van der Waals surface area contributed by atoms with Crippen molar-refractivity contribution in [2.45, 2.75) is 64.0 Å². The molecule has 0 saturated carbocycles. The van der Waals surface area contributed by atoms with Crippen LogP contribution in [0.2, 0.25) is 0 Å². The van der Waals surface area contributed by atoms with Gasteiger partial charge in [-0.3, -0.25) is 4.79 Å². The Kier molecular flexibility index (Phi) is 5.47. The summed E-state index contributed by atoms with van der Waals surface area (Å²) in [5.74, 6) is -0.673. The number of ether oxygens (including phenoxy) is 1. The number of fused-ring (bicyclic) bond motifs is 2. The second-order valence-corrected chi connectivity index (χ2v) is 7.89. The maximum Gasteiger partial charge on any atom is 0.338 e. The highest BCUT2D eigenvalue weighted by molar-refractivity contribution is 5.92. The maximum atomic E-state index is 12.6. The summed E-state index contributed by atoms with van der Waals surface area (Å²) in [6.07, 6.45) is 6.63. The number of rotatable bonds is 4. The van der Waals surface area contributed by atoms with Crippen molar-refractivity contribution < 1.29 is 14.3 Å². The number of carbonyl (C=O) groups excluding carboxylic acids is 2. The highest BCUT2D eigenvalue weighted by Crippen LogP contribution is 2.29. The van der Waals surface area contributed by atoms with Crippen LogP contribution in [0.3, 0.4) is 0 Å². The fourth-order valence-electron chi connectivity index (χ4n) is 4.34. The van der Waals surface area contributed by atoms with Gasteiger partial charge in [0.25, 0.3) is 5.91 Å². The Morgan fingerprint density at radius 2 is 1.71 bits per heavy atom. The minimum absolute atomic E-state index is 0.0117. The fourth-order valence-corrected chi connectivity index (χ4v) is 4.34. The van der Waals surface area contributed by atoms with E-state index in [0.717, 1.165) is 38.5 Å². The molecule has 4 rings (SSSR count). The Morgan fingerprint density at radius 3 is 2.57 bits per heavy atom. The van der Waals surface area contributed by atoms with Crippen molar-refractivity contribution in [1.29, 1.82) is 0 Å². The molecule has 0 bridgehead atoms. The van der Waals surface area contributed by atoms with Crippen LogP contribution in [0.15, 0.2) is 42.5 Å². The average molecular weight is 377 g/mol. The standard InChI is InChI=1S/C24H27NO3/c1-16(23(26)25-22-12-6-10-18-8-4-5-11-21(18)22)28-24(27)20-14-13-17-7-2-3-9-19(17)15-20/h4-5,8,11,13-16,22H,2-3,6-7,9-10,12H2,1H3,(H,25,26)/t16-,22-/m1/s1. The number of esters is 1. The lowest BCUT2D eigenvalue weighted by Crippen LogP contribution is -2.39. The molecular formula is C24H27NO3. The quantitative estimate of drug-likeness (QED) is 0.808. The summed E-state index contributed by atoms with van der Waals surface area (Å²) in [4.78, 5) is 25.2. The van der Waals surface area contributed by atoms with Crippen molar-refractivity contribution in [2.24, 2.45) is 0 Å². The van der Waals surface area contributed by atoms with E-state index in [4.69, 9.17) is 4.74 Å². The Hall–Kier alpha value is -2.62. The van der Waals surface area contributed by atoms with Gasteiger partial charge in [0, 0.05) is 0 Å². The molecule has 1 N–H and O–H groups in total. The largest absolute Gasteiger partial charge is 0.449 e. The fraction of sp³-hybridized carbons (Fsp3) is 0.417. The van der Waals surface area contributed by atoms with Crippen LogP contribution in [0.1, 0.15) is 71.3 Å². The van der Waals surface area contributed by atoms with E-state index in [0.29, 0.717) is 5.56 Å². The molecular weight excluding hydrogens is 350 g/mol. The molecule has 1 amide bonds. The van der Waals surface area contributed by atoms with Crippen LogP contribution in [-0.2, 0) is 28.8 Å². The molecule has 0 radical (unpaired) electrons. The van der Waals surface area contributed by atoms with Crippen LogP contribution in [0, 0.1) is 0 Å². The molecule has 2 aliphatic rings. The molecule has 4 nitrogen and oxygen atoms in total. The van der Waals surface area contributed by atoms with Crippen molar-refractivity contribution in [1.82, 2.24) is 5.32 Å². The van der Waals surface area contributed by atoms with E-state index >= 15 is 0 Å². The lowest BCUT2D eigenvalue weighted by molar-refractivity contribution is -0.130. The Morgan fingerprint density at radius 1 is 0.964 bits per heavy atom. The number of nitrogens with one attached hydrogen (secondary N) is 1. The zero-order valence-electron chi connectivity index (χ0n) is 16.4. The van der Waals surface area contributed by atoms with Gasteiger partial charge in [-0.05, 0) is 86.3 Å². The predicted molar refractivity (Wildman–Crippen MR) is 108 cm³/mol. The molecule has 2 atom stereocenters. The highest BCUT2D eigenvalue weighted by atomic mass is 16.5. The third-order valence-electron chi connectivity index (χ3n) is 5.92. The van der Waals surface area contributed by atoms with Gasteiger partial charge in [0.2, 0.25) is 0 Å². The molecule has 0 spiro atoms. The van der Waals surface area contributed by atoms with E-state index in [1.165, 1.54) is 28.7 Å². The van der Waals surface area contributed by atoms with Gasteiger partial charge in [-0.1, -0.05) is 30.3 Å². The first-order valence-electron chi connectivity index (χ1n) is 10.3. The molecule has 146 valence electrons. The minimum atomic E-state index is -0.822. The Labute approximate surface area is 166 Å². The summed E-state index contributed by atoms with van der Waals surface area (Å²) in [5.41, 5.74) is 5.55. The minimum Gasteiger partial charge on any atom is -0.449 e. The van der Waals surface area contributed by atoms with Crippen LogP contribution >= 0.6 is 0 Å². The molecule has 0 heterocycles. The first-order chi connectivity index (χ1) is 13.6. The first-order valence-corrected chi connectivity index (χ1v) is 10.3. The lowest BCUT2D eigenvalue weighted by atomic mass is 9.87. The summed E-state index contributed by atoms with van der Waals surface area (Å²) >= 11 is 0. The molecule has 0 saturated heterocycles. The van der Waals surface area contributed by atoms with Gasteiger partial charge in [-0.25, -0.2) is 4.79 Å². The molecule has 0 aromatic heterocycles. The second-order valence-electron chi connectivity index (χ2n) is 7.89. The van der Waals surface area contributed by atoms with E-state index < -0.39 is 12.1 Å². The molecule has 28 heavy (non-hydrogen) atoms. The van der Waals surface area contributed by atoms with Gasteiger partial charge in [0.05, 0.1) is 11.6 Å². The molecule has 0 unspecified atom stereocenters. The van der Waals surface area contributed by atoms with Gasteiger partial charge in [-0.2, -0.15) is 0 Å². The van der Waals surface area contributed by atoms with Crippen molar-refractivity contribution in [2.75, 3.05) is 0 Å². The summed E-state index contributed by atoms with van der Waals surface area (Å²) in [7, 11) is 0. The van der Waals surface area contributed by atoms with Crippen LogP contribution in [0.4, 0.5) is 0 Å². The highest BCUT2D eigenvalue weighted by Gasteiger charge is 2.26. The first kappa shape index (κ1) is 18.7. The van der Waals surface area contributed by atoms with Gasteiger partial charge in [0.15, 0.2) is 6.10 Å². The predicted octanol–water partition coefficient (Wildman–Crippen LogP) is 4.30. The van der Waals surface area contributed by atoms with Gasteiger partial charge in [-0.15, -0.1) is 0 Å². The monoisotopic (exact) mass is 377 g/mol. The maximum absolute atomic E-state index is 12.6. The molecule has 2 aromatic rings. The van der Waals surface area contributed by atoms with E-state index in [9.17, 15) is 9.59 Å². The smallest absolute Gasteiger partial charge is 0.338 e. The van der Waals surface area contributed by atoms with Crippen molar-refractivity contribution >= 4 is 11.9 Å². The topological polar surface area (TPSA) is 55.4 Å². The lowest BCUT2D eigenvalue weighted by Gasteiger charge is -2.27.